The lowest BCUT2D eigenvalue weighted by atomic mass is 10.00. The van der Waals surface area contributed by atoms with Crippen LogP contribution in [0.4, 0.5) is 0 Å². The van der Waals surface area contributed by atoms with Crippen LogP contribution in [0.15, 0.2) is 206 Å². The van der Waals surface area contributed by atoms with Crippen LogP contribution in [0.5, 0.6) is 0 Å². The number of hydrogen-bond acceptors (Lipinski definition) is 2. The zero-order valence-corrected chi connectivity index (χ0v) is 30.4. The van der Waals surface area contributed by atoms with Crippen LogP contribution >= 0.6 is 0 Å². The van der Waals surface area contributed by atoms with Gasteiger partial charge in [-0.15, -0.1) is 0 Å². The molecule has 0 aliphatic heterocycles. The fraction of sp³-hybridized carbons (Fsp3) is 0. The smallest absolute Gasteiger partial charge is 0.235 e. The van der Waals surface area contributed by atoms with Gasteiger partial charge in [0.05, 0.1) is 33.5 Å². The van der Waals surface area contributed by atoms with Crippen LogP contribution in [0.25, 0.3) is 100 Å². The second-order valence-corrected chi connectivity index (χ2v) is 14.2. The number of para-hydroxylation sites is 2. The third-order valence-electron chi connectivity index (χ3n) is 11.0. The van der Waals surface area contributed by atoms with Gasteiger partial charge in [0.25, 0.3) is 0 Å². The third-order valence-corrected chi connectivity index (χ3v) is 11.0. The van der Waals surface area contributed by atoms with Gasteiger partial charge >= 0.3 is 0 Å². The molecule has 3 aromatic heterocycles. The number of fused-ring (bicyclic) bond motifs is 7. The van der Waals surface area contributed by atoms with Crippen molar-refractivity contribution in [1.29, 1.82) is 0 Å². The van der Waals surface area contributed by atoms with Crippen molar-refractivity contribution in [2.24, 2.45) is 0 Å². The van der Waals surface area contributed by atoms with Crippen molar-refractivity contribution in [1.82, 2.24) is 19.1 Å². The Morgan fingerprint density at radius 1 is 0.286 bits per heavy atom. The van der Waals surface area contributed by atoms with Crippen LogP contribution in [0.3, 0.4) is 0 Å². The summed E-state index contributed by atoms with van der Waals surface area (Å²) in [6, 6.07) is 73.1. The molecule has 0 saturated heterocycles. The predicted molar refractivity (Wildman–Crippen MR) is 232 cm³/mol. The first kappa shape index (κ1) is 31.9. The molecule has 0 aliphatic rings. The Morgan fingerprint density at radius 2 is 0.714 bits per heavy atom. The molecule has 8 aromatic carbocycles. The van der Waals surface area contributed by atoms with Crippen LogP contribution < -0.4 is 0 Å². The second kappa shape index (κ2) is 13.1. The minimum absolute atomic E-state index is 0.644. The maximum atomic E-state index is 5.27. The number of hydrogen-bond donors (Lipinski definition) is 0. The largest absolute Gasteiger partial charge is 0.309 e. The van der Waals surface area contributed by atoms with Crippen LogP contribution in [0, 0.1) is 0 Å². The number of nitrogens with zero attached hydrogens (tertiary/aromatic N) is 4. The van der Waals surface area contributed by atoms with Gasteiger partial charge in [0, 0.05) is 38.4 Å². The van der Waals surface area contributed by atoms with Crippen LogP contribution in [0.1, 0.15) is 0 Å². The second-order valence-electron chi connectivity index (χ2n) is 14.2. The van der Waals surface area contributed by atoms with Crippen LogP contribution in [0.2, 0.25) is 0 Å². The highest BCUT2D eigenvalue weighted by Crippen LogP contribution is 2.42. The summed E-state index contributed by atoms with van der Waals surface area (Å²) in [7, 11) is 0. The van der Waals surface area contributed by atoms with Gasteiger partial charge in [-0.05, 0) is 64.7 Å². The molecule has 0 unspecified atom stereocenters. The van der Waals surface area contributed by atoms with Crippen molar-refractivity contribution in [2.45, 2.75) is 0 Å². The minimum Gasteiger partial charge on any atom is -0.309 e. The van der Waals surface area contributed by atoms with E-state index in [1.165, 1.54) is 43.8 Å². The summed E-state index contributed by atoms with van der Waals surface area (Å²) in [4.78, 5) is 10.5. The molecule has 0 N–H and O–H groups in total. The molecular weight excluding hydrogens is 681 g/mol. The average Bonchev–Trinajstić information content (AvgIpc) is 3.80. The molecule has 0 atom stereocenters. The molecule has 0 aliphatic carbocycles. The van der Waals surface area contributed by atoms with E-state index in [-0.39, 0.29) is 0 Å². The van der Waals surface area contributed by atoms with E-state index in [0.717, 1.165) is 50.3 Å². The van der Waals surface area contributed by atoms with E-state index >= 15 is 0 Å². The predicted octanol–water partition coefficient (Wildman–Crippen LogP) is 13.3. The van der Waals surface area contributed by atoms with E-state index in [4.69, 9.17) is 9.97 Å². The molecule has 3 heterocycles. The Labute approximate surface area is 324 Å². The summed E-state index contributed by atoms with van der Waals surface area (Å²) in [5.74, 6) is 0.644. The van der Waals surface area contributed by atoms with Gasteiger partial charge in [-0.3, -0.25) is 4.57 Å². The maximum Gasteiger partial charge on any atom is 0.235 e. The number of benzene rings is 8. The van der Waals surface area contributed by atoms with Gasteiger partial charge < -0.3 is 4.57 Å². The lowest BCUT2D eigenvalue weighted by molar-refractivity contribution is 0.996. The molecule has 56 heavy (non-hydrogen) atoms. The van der Waals surface area contributed by atoms with Crippen molar-refractivity contribution >= 4 is 43.6 Å². The van der Waals surface area contributed by atoms with E-state index < -0.39 is 0 Å². The SMILES string of the molecule is c1ccc(-c2ccc(-c3cccc(-n4c5ccccc5c5c6c7ccccc7n(-c7nc(-c8ccccc8)cc(-c8ccccc8)n7)c6ccc54)c3)cc2)cc1. The van der Waals surface area contributed by atoms with Crippen molar-refractivity contribution in [2.75, 3.05) is 0 Å². The van der Waals surface area contributed by atoms with Crippen molar-refractivity contribution in [3.63, 3.8) is 0 Å². The standard InChI is InChI=1S/C52H34N4/c1-4-15-35(16-5-1)36-27-29-37(30-28-36)40-21-14-22-41(33-40)55-46-25-12-10-23-42(46)50-48(55)31-32-49-51(50)43-24-11-13-26-47(43)56(49)52-53-44(38-17-6-2-7-18-38)34-45(54-52)39-19-8-3-9-20-39/h1-34H. The molecule has 11 aromatic rings. The zero-order valence-electron chi connectivity index (χ0n) is 30.4. The molecule has 0 spiro atoms. The minimum atomic E-state index is 0.644. The summed E-state index contributed by atoms with van der Waals surface area (Å²) in [6.45, 7) is 0. The molecule has 4 nitrogen and oxygen atoms in total. The maximum absolute atomic E-state index is 5.27. The van der Waals surface area contributed by atoms with E-state index in [2.05, 4.69) is 203 Å². The van der Waals surface area contributed by atoms with E-state index in [0.29, 0.717) is 5.95 Å². The van der Waals surface area contributed by atoms with Gasteiger partial charge in [0.15, 0.2) is 0 Å². The summed E-state index contributed by atoms with van der Waals surface area (Å²) >= 11 is 0. The normalized spacial score (nSPS) is 11.6. The molecule has 0 bridgehead atoms. The lowest BCUT2D eigenvalue weighted by Gasteiger charge is -2.12. The Morgan fingerprint density at radius 3 is 1.29 bits per heavy atom. The van der Waals surface area contributed by atoms with Crippen molar-refractivity contribution in [3.05, 3.63) is 206 Å². The summed E-state index contributed by atoms with van der Waals surface area (Å²) in [5.41, 5.74) is 14.2. The zero-order chi connectivity index (χ0) is 37.0. The van der Waals surface area contributed by atoms with Gasteiger partial charge in [-0.25, -0.2) is 9.97 Å². The quantitative estimate of drug-likeness (QED) is 0.172. The summed E-state index contributed by atoms with van der Waals surface area (Å²) in [5, 5.41) is 4.78. The highest BCUT2D eigenvalue weighted by atomic mass is 15.2. The van der Waals surface area contributed by atoms with Crippen LogP contribution in [-0.4, -0.2) is 19.1 Å². The summed E-state index contributed by atoms with van der Waals surface area (Å²) in [6.07, 6.45) is 0. The fourth-order valence-electron chi connectivity index (χ4n) is 8.37. The van der Waals surface area contributed by atoms with Crippen molar-refractivity contribution < 1.29 is 0 Å². The first-order valence-electron chi connectivity index (χ1n) is 19.0. The third kappa shape index (κ3) is 5.23. The molecule has 262 valence electrons. The first-order chi connectivity index (χ1) is 27.8. The van der Waals surface area contributed by atoms with Gasteiger partial charge in [-0.2, -0.15) is 0 Å². The Hall–Kier alpha value is -7.56. The Bertz CT molecular complexity index is 3160. The van der Waals surface area contributed by atoms with Crippen molar-refractivity contribution in [3.8, 4) is 56.4 Å². The average molecular weight is 715 g/mol. The molecule has 0 saturated carbocycles. The molecular formula is C52H34N4. The fourth-order valence-corrected chi connectivity index (χ4v) is 8.37. The molecule has 0 amide bonds. The summed E-state index contributed by atoms with van der Waals surface area (Å²) < 4.78 is 4.66. The molecule has 4 heteroatoms. The van der Waals surface area contributed by atoms with E-state index in [1.54, 1.807) is 0 Å². The number of aromatic nitrogens is 4. The monoisotopic (exact) mass is 714 g/mol. The van der Waals surface area contributed by atoms with Crippen LogP contribution in [-0.2, 0) is 0 Å². The molecule has 0 fully saturated rings. The van der Waals surface area contributed by atoms with Gasteiger partial charge in [-0.1, -0.05) is 164 Å². The first-order valence-corrected chi connectivity index (χ1v) is 19.0. The molecule has 0 radical (unpaired) electrons. The Balaban J connectivity index is 1.13. The lowest BCUT2D eigenvalue weighted by Crippen LogP contribution is -2.04. The Kier molecular flexibility index (Phi) is 7.46. The van der Waals surface area contributed by atoms with E-state index in [9.17, 15) is 0 Å². The highest BCUT2D eigenvalue weighted by Gasteiger charge is 2.22. The van der Waals surface area contributed by atoms with Gasteiger partial charge in [0.2, 0.25) is 5.95 Å². The van der Waals surface area contributed by atoms with Gasteiger partial charge in [0.1, 0.15) is 0 Å². The highest BCUT2D eigenvalue weighted by molar-refractivity contribution is 6.28. The molecule has 11 rings (SSSR count). The number of rotatable bonds is 6. The van der Waals surface area contributed by atoms with E-state index in [1.807, 2.05) is 12.1 Å². The topological polar surface area (TPSA) is 35.6 Å².